The van der Waals surface area contributed by atoms with Crippen molar-refractivity contribution in [3.8, 4) is 0 Å². The van der Waals surface area contributed by atoms with Gasteiger partial charge >= 0.3 is 0 Å². The molecule has 0 atom stereocenters. The van der Waals surface area contributed by atoms with Crippen molar-refractivity contribution >= 4 is 39.1 Å². The van der Waals surface area contributed by atoms with Crippen LogP contribution in [-0.4, -0.2) is 38.3 Å². The highest BCUT2D eigenvalue weighted by atomic mass is 35.5. The number of hydrogen-bond donors (Lipinski definition) is 1. The molecular weight excluding hydrogens is 323 g/mol. The molecule has 0 saturated carbocycles. The zero-order valence-electron chi connectivity index (χ0n) is 11.2. The van der Waals surface area contributed by atoms with Gasteiger partial charge in [-0.25, -0.2) is 8.42 Å². The van der Waals surface area contributed by atoms with Crippen molar-refractivity contribution < 1.29 is 13.2 Å². The second-order valence-corrected chi connectivity index (χ2v) is 6.63. The number of carbonyl (C=O) groups is 1. The van der Waals surface area contributed by atoms with E-state index in [2.05, 4.69) is 5.32 Å². The number of amides is 1. The van der Waals surface area contributed by atoms with Gasteiger partial charge in [-0.05, 0) is 19.1 Å². The lowest BCUT2D eigenvalue weighted by Gasteiger charge is -2.20. The summed E-state index contributed by atoms with van der Waals surface area (Å²) in [6.07, 6.45) is 0. The molecule has 0 aromatic heterocycles. The van der Waals surface area contributed by atoms with Crippen molar-refractivity contribution in [1.82, 2.24) is 9.62 Å². The van der Waals surface area contributed by atoms with E-state index in [1.807, 2.05) is 0 Å². The maximum absolute atomic E-state index is 12.5. The largest absolute Gasteiger partial charge is 0.355 e. The molecule has 0 aliphatic rings. The summed E-state index contributed by atoms with van der Waals surface area (Å²) in [6.45, 7) is 3.75. The molecule has 0 radical (unpaired) electrons. The van der Waals surface area contributed by atoms with Gasteiger partial charge in [-0.15, -0.1) is 0 Å². The highest BCUT2D eigenvalue weighted by Gasteiger charge is 2.27. The standard InChI is InChI=1S/C12H16Cl2N2O3S/c1-3-15-11(17)8-16(4-2)20(18,19)10-7-5-6-9(13)12(10)14/h5-7H,3-4,8H2,1-2H3,(H,15,17). The summed E-state index contributed by atoms with van der Waals surface area (Å²) < 4.78 is 26.0. The van der Waals surface area contributed by atoms with Crippen molar-refractivity contribution in [2.45, 2.75) is 18.7 Å². The molecule has 0 aliphatic heterocycles. The minimum Gasteiger partial charge on any atom is -0.355 e. The molecular formula is C12H16Cl2N2O3S. The Balaban J connectivity index is 3.12. The lowest BCUT2D eigenvalue weighted by atomic mass is 10.4. The fraction of sp³-hybridized carbons (Fsp3) is 0.417. The quantitative estimate of drug-likeness (QED) is 0.864. The van der Waals surface area contributed by atoms with E-state index < -0.39 is 10.0 Å². The first-order chi connectivity index (χ1) is 9.34. The number of benzene rings is 1. The summed E-state index contributed by atoms with van der Waals surface area (Å²) >= 11 is 11.8. The smallest absolute Gasteiger partial charge is 0.245 e. The van der Waals surface area contributed by atoms with Crippen LogP contribution in [-0.2, 0) is 14.8 Å². The predicted molar refractivity (Wildman–Crippen MR) is 79.6 cm³/mol. The summed E-state index contributed by atoms with van der Waals surface area (Å²) in [7, 11) is -3.86. The van der Waals surface area contributed by atoms with Gasteiger partial charge in [0.25, 0.3) is 0 Å². The summed E-state index contributed by atoms with van der Waals surface area (Å²) in [5.74, 6) is -0.365. The number of rotatable bonds is 6. The molecule has 5 nitrogen and oxygen atoms in total. The minimum absolute atomic E-state index is 0.0384. The van der Waals surface area contributed by atoms with Crippen LogP contribution in [0.15, 0.2) is 23.1 Å². The maximum atomic E-state index is 12.5. The predicted octanol–water partition coefficient (Wildman–Crippen LogP) is 2.14. The third-order valence-electron chi connectivity index (χ3n) is 2.58. The van der Waals surface area contributed by atoms with Crippen LogP contribution in [0.4, 0.5) is 0 Å². The molecule has 0 aliphatic carbocycles. The molecule has 1 aromatic rings. The zero-order valence-corrected chi connectivity index (χ0v) is 13.5. The number of halogens is 2. The van der Waals surface area contributed by atoms with Crippen LogP contribution < -0.4 is 5.32 Å². The molecule has 1 aromatic carbocycles. The molecule has 0 bridgehead atoms. The number of nitrogens with zero attached hydrogens (tertiary/aromatic N) is 1. The average Bonchev–Trinajstić information content (AvgIpc) is 2.39. The third-order valence-corrected chi connectivity index (χ3v) is 5.47. The van der Waals surface area contributed by atoms with E-state index in [4.69, 9.17) is 23.2 Å². The number of carbonyl (C=O) groups excluding carboxylic acids is 1. The Morgan fingerprint density at radius 1 is 1.30 bits per heavy atom. The maximum Gasteiger partial charge on any atom is 0.245 e. The Morgan fingerprint density at radius 3 is 2.50 bits per heavy atom. The summed E-state index contributed by atoms with van der Waals surface area (Å²) in [6, 6.07) is 4.37. The fourth-order valence-electron chi connectivity index (χ4n) is 1.60. The van der Waals surface area contributed by atoms with Gasteiger partial charge < -0.3 is 5.32 Å². The van der Waals surface area contributed by atoms with Gasteiger partial charge in [-0.1, -0.05) is 36.2 Å². The van der Waals surface area contributed by atoms with Crippen LogP contribution in [0, 0.1) is 0 Å². The molecule has 1 amide bonds. The summed E-state index contributed by atoms with van der Waals surface area (Å²) in [5, 5.41) is 2.67. The van der Waals surface area contributed by atoms with Gasteiger partial charge in [0.2, 0.25) is 15.9 Å². The molecule has 1 rings (SSSR count). The van der Waals surface area contributed by atoms with Crippen LogP contribution >= 0.6 is 23.2 Å². The Morgan fingerprint density at radius 2 is 1.95 bits per heavy atom. The molecule has 112 valence electrons. The normalized spacial score (nSPS) is 11.7. The van der Waals surface area contributed by atoms with Gasteiger partial charge in [0.05, 0.1) is 16.6 Å². The lowest BCUT2D eigenvalue weighted by Crippen LogP contribution is -2.40. The Hall–Kier alpha value is -0.820. The van der Waals surface area contributed by atoms with Crippen molar-refractivity contribution in [3.05, 3.63) is 28.2 Å². The van der Waals surface area contributed by atoms with E-state index in [9.17, 15) is 13.2 Å². The lowest BCUT2D eigenvalue weighted by molar-refractivity contribution is -0.121. The van der Waals surface area contributed by atoms with E-state index in [1.54, 1.807) is 13.8 Å². The SMILES string of the molecule is CCNC(=O)CN(CC)S(=O)(=O)c1cccc(Cl)c1Cl. The Labute approximate surface area is 128 Å². The topological polar surface area (TPSA) is 66.5 Å². The van der Waals surface area contributed by atoms with Crippen molar-refractivity contribution in [2.75, 3.05) is 19.6 Å². The van der Waals surface area contributed by atoms with E-state index in [1.165, 1.54) is 18.2 Å². The molecule has 0 heterocycles. The second-order valence-electron chi connectivity index (χ2n) is 3.94. The van der Waals surface area contributed by atoms with Crippen LogP contribution in [0.5, 0.6) is 0 Å². The first-order valence-electron chi connectivity index (χ1n) is 6.05. The number of nitrogens with one attached hydrogen (secondary N) is 1. The van der Waals surface area contributed by atoms with Gasteiger partial charge in [0.1, 0.15) is 4.90 Å². The minimum atomic E-state index is -3.86. The third kappa shape index (κ3) is 3.85. The first-order valence-corrected chi connectivity index (χ1v) is 8.25. The van der Waals surface area contributed by atoms with Crippen molar-refractivity contribution in [2.24, 2.45) is 0 Å². The van der Waals surface area contributed by atoms with E-state index >= 15 is 0 Å². The highest BCUT2D eigenvalue weighted by Crippen LogP contribution is 2.30. The van der Waals surface area contributed by atoms with Crippen LogP contribution in [0.1, 0.15) is 13.8 Å². The molecule has 20 heavy (non-hydrogen) atoms. The molecule has 0 spiro atoms. The average molecular weight is 339 g/mol. The molecule has 0 unspecified atom stereocenters. The summed E-state index contributed by atoms with van der Waals surface area (Å²) in [4.78, 5) is 11.5. The fourth-order valence-corrected chi connectivity index (χ4v) is 3.74. The van der Waals surface area contributed by atoms with Crippen LogP contribution in [0.25, 0.3) is 0 Å². The number of sulfonamides is 1. The highest BCUT2D eigenvalue weighted by molar-refractivity contribution is 7.89. The van der Waals surface area contributed by atoms with Gasteiger partial charge in [0.15, 0.2) is 0 Å². The molecule has 1 N–H and O–H groups in total. The zero-order chi connectivity index (χ0) is 15.3. The Bertz CT molecular complexity index is 590. The monoisotopic (exact) mass is 338 g/mol. The second kappa shape index (κ2) is 7.26. The van der Waals surface area contributed by atoms with Crippen LogP contribution in [0.2, 0.25) is 10.0 Å². The molecule has 0 saturated heterocycles. The van der Waals surface area contributed by atoms with E-state index in [0.29, 0.717) is 6.54 Å². The van der Waals surface area contributed by atoms with Crippen molar-refractivity contribution in [1.29, 1.82) is 0 Å². The Kier molecular flexibility index (Phi) is 6.26. The number of hydrogen-bond acceptors (Lipinski definition) is 3. The number of likely N-dealkylation sites (N-methyl/N-ethyl adjacent to an activating group) is 2. The van der Waals surface area contributed by atoms with Gasteiger partial charge in [0, 0.05) is 13.1 Å². The van der Waals surface area contributed by atoms with Gasteiger partial charge in [-0.3, -0.25) is 4.79 Å². The van der Waals surface area contributed by atoms with Crippen molar-refractivity contribution in [3.63, 3.8) is 0 Å². The molecule has 0 fully saturated rings. The van der Waals surface area contributed by atoms with E-state index in [0.717, 1.165) is 4.31 Å². The van der Waals surface area contributed by atoms with Crippen LogP contribution in [0.3, 0.4) is 0 Å². The van der Waals surface area contributed by atoms with Gasteiger partial charge in [-0.2, -0.15) is 4.31 Å². The molecule has 8 heteroatoms. The first kappa shape index (κ1) is 17.2. The van der Waals surface area contributed by atoms with E-state index in [-0.39, 0.29) is 33.9 Å². The summed E-state index contributed by atoms with van der Waals surface area (Å²) in [5.41, 5.74) is 0.